The molecule has 1 aromatic carbocycles. The van der Waals surface area contributed by atoms with Gasteiger partial charge in [0.25, 0.3) is 0 Å². The van der Waals surface area contributed by atoms with E-state index < -0.39 is 0 Å². The van der Waals surface area contributed by atoms with Crippen LogP contribution >= 0.6 is 0 Å². The van der Waals surface area contributed by atoms with E-state index in [0.717, 1.165) is 18.3 Å². The van der Waals surface area contributed by atoms with Gasteiger partial charge >= 0.3 is 0 Å². The third kappa shape index (κ3) is 3.02. The first-order valence-electron chi connectivity index (χ1n) is 7.83. The first kappa shape index (κ1) is 14.6. The Morgan fingerprint density at radius 1 is 1.11 bits per heavy atom. The lowest BCUT2D eigenvalue weighted by atomic mass is 9.67. The molecule has 1 aromatic rings. The summed E-state index contributed by atoms with van der Waals surface area (Å²) < 4.78 is 0. The Labute approximate surface area is 118 Å². The Bertz CT molecular complexity index is 404. The number of nitrogens with two attached hydrogens (primary N) is 1. The van der Waals surface area contributed by atoms with Gasteiger partial charge in [-0.3, -0.25) is 0 Å². The molecule has 0 saturated heterocycles. The zero-order valence-electron chi connectivity index (χ0n) is 12.9. The Hall–Kier alpha value is -0.820. The van der Waals surface area contributed by atoms with Crippen LogP contribution in [0.25, 0.3) is 0 Å². The summed E-state index contributed by atoms with van der Waals surface area (Å²) in [6.45, 7) is 9.18. The molecular weight excluding hydrogens is 230 g/mol. The molecule has 0 heterocycles. The molecule has 2 N–H and O–H groups in total. The molecule has 0 radical (unpaired) electrons. The molecule has 0 bridgehead atoms. The van der Waals surface area contributed by atoms with E-state index in [2.05, 4.69) is 52.0 Å². The van der Waals surface area contributed by atoms with Gasteiger partial charge < -0.3 is 5.73 Å². The van der Waals surface area contributed by atoms with Crippen LogP contribution in [0.5, 0.6) is 0 Å². The zero-order valence-corrected chi connectivity index (χ0v) is 12.9. The van der Waals surface area contributed by atoms with Gasteiger partial charge in [0.05, 0.1) is 0 Å². The summed E-state index contributed by atoms with van der Waals surface area (Å²) in [5, 5.41) is 0. The predicted octanol–water partition coefficient (Wildman–Crippen LogP) is 4.50. The maximum Gasteiger partial charge on any atom is 0.0409 e. The maximum absolute atomic E-state index is 6.71. The highest BCUT2D eigenvalue weighted by atomic mass is 14.7. The van der Waals surface area contributed by atoms with Gasteiger partial charge in [-0.05, 0) is 55.1 Å². The Morgan fingerprint density at radius 2 is 1.74 bits per heavy atom. The highest BCUT2D eigenvalue weighted by Gasteiger charge is 2.36. The summed E-state index contributed by atoms with van der Waals surface area (Å²) in [5.74, 6) is 2.28. The molecule has 1 aliphatic rings. The lowest BCUT2D eigenvalue weighted by molar-refractivity contribution is 0.142. The largest absolute Gasteiger partial charge is 0.321 e. The minimum Gasteiger partial charge on any atom is -0.321 e. The molecule has 0 aliphatic heterocycles. The molecule has 1 nitrogen and oxygen atoms in total. The van der Waals surface area contributed by atoms with Crippen molar-refractivity contribution in [2.24, 2.45) is 23.5 Å². The van der Waals surface area contributed by atoms with Gasteiger partial charge in [-0.25, -0.2) is 0 Å². The summed E-state index contributed by atoms with van der Waals surface area (Å²) in [5.41, 5.74) is 9.23. The summed E-state index contributed by atoms with van der Waals surface area (Å²) in [6.07, 6.45) is 4.96. The minimum absolute atomic E-state index is 0.180. The second-order valence-electron chi connectivity index (χ2n) is 6.80. The molecule has 1 saturated carbocycles. The number of rotatable bonds is 3. The Balaban J connectivity index is 2.16. The van der Waals surface area contributed by atoms with Crippen molar-refractivity contribution in [2.75, 3.05) is 0 Å². The van der Waals surface area contributed by atoms with Crippen LogP contribution in [-0.4, -0.2) is 0 Å². The average Bonchev–Trinajstić information content (AvgIpc) is 2.41. The molecule has 4 unspecified atom stereocenters. The van der Waals surface area contributed by atoms with Crippen LogP contribution < -0.4 is 5.73 Å². The van der Waals surface area contributed by atoms with Gasteiger partial charge in [-0.15, -0.1) is 0 Å². The van der Waals surface area contributed by atoms with Crippen molar-refractivity contribution in [3.8, 4) is 0 Å². The van der Waals surface area contributed by atoms with Crippen LogP contribution in [0.2, 0.25) is 0 Å². The van der Waals surface area contributed by atoms with Crippen molar-refractivity contribution < 1.29 is 0 Å². The van der Waals surface area contributed by atoms with E-state index in [1.54, 1.807) is 0 Å². The standard InChI is InChI=1S/C18H29N/c1-5-15-7-10-16(11-8-15)18(4,19)17-9-6-13(2)14(3)12-17/h7-8,10-11,13-14,17H,5-6,9,12,19H2,1-4H3. The van der Waals surface area contributed by atoms with Gasteiger partial charge in [0.15, 0.2) is 0 Å². The molecule has 0 spiro atoms. The van der Waals surface area contributed by atoms with Crippen molar-refractivity contribution in [3.63, 3.8) is 0 Å². The van der Waals surface area contributed by atoms with E-state index >= 15 is 0 Å². The van der Waals surface area contributed by atoms with Gasteiger partial charge in [-0.2, -0.15) is 0 Å². The van der Waals surface area contributed by atoms with Crippen LogP contribution in [0.3, 0.4) is 0 Å². The van der Waals surface area contributed by atoms with Crippen molar-refractivity contribution in [1.29, 1.82) is 0 Å². The van der Waals surface area contributed by atoms with E-state index in [4.69, 9.17) is 5.73 Å². The fourth-order valence-electron chi connectivity index (χ4n) is 3.43. The van der Waals surface area contributed by atoms with Crippen LogP contribution in [-0.2, 0) is 12.0 Å². The molecule has 106 valence electrons. The number of hydrogen-bond acceptors (Lipinski definition) is 1. The van der Waals surface area contributed by atoms with Crippen LogP contribution in [0.4, 0.5) is 0 Å². The molecule has 1 fully saturated rings. The van der Waals surface area contributed by atoms with Gasteiger partial charge in [0, 0.05) is 5.54 Å². The van der Waals surface area contributed by atoms with E-state index in [0.29, 0.717) is 5.92 Å². The fourth-order valence-corrected chi connectivity index (χ4v) is 3.43. The molecular formula is C18H29N. The number of hydrogen-bond donors (Lipinski definition) is 1. The normalized spacial score (nSPS) is 30.9. The fraction of sp³-hybridized carbons (Fsp3) is 0.667. The lowest BCUT2D eigenvalue weighted by Gasteiger charge is -2.41. The van der Waals surface area contributed by atoms with Crippen molar-refractivity contribution in [3.05, 3.63) is 35.4 Å². The van der Waals surface area contributed by atoms with Crippen molar-refractivity contribution in [1.82, 2.24) is 0 Å². The summed E-state index contributed by atoms with van der Waals surface area (Å²) >= 11 is 0. The zero-order chi connectivity index (χ0) is 14.0. The third-order valence-corrected chi connectivity index (χ3v) is 5.43. The summed E-state index contributed by atoms with van der Waals surface area (Å²) in [6, 6.07) is 8.94. The second-order valence-corrected chi connectivity index (χ2v) is 6.80. The molecule has 2 rings (SSSR count). The van der Waals surface area contributed by atoms with E-state index in [9.17, 15) is 0 Å². The average molecular weight is 259 g/mol. The first-order valence-corrected chi connectivity index (χ1v) is 7.83. The smallest absolute Gasteiger partial charge is 0.0409 e. The Kier molecular flexibility index (Phi) is 4.35. The number of benzene rings is 1. The summed E-state index contributed by atoms with van der Waals surface area (Å²) in [4.78, 5) is 0. The predicted molar refractivity (Wildman–Crippen MR) is 83.0 cm³/mol. The Morgan fingerprint density at radius 3 is 2.26 bits per heavy atom. The minimum atomic E-state index is -0.180. The highest BCUT2D eigenvalue weighted by molar-refractivity contribution is 5.28. The van der Waals surface area contributed by atoms with Gasteiger partial charge in [-0.1, -0.05) is 51.5 Å². The lowest BCUT2D eigenvalue weighted by Crippen LogP contribution is -2.44. The summed E-state index contributed by atoms with van der Waals surface area (Å²) in [7, 11) is 0. The second kappa shape index (κ2) is 5.66. The van der Waals surface area contributed by atoms with E-state index in [1.807, 2.05) is 0 Å². The van der Waals surface area contributed by atoms with Gasteiger partial charge in [0.2, 0.25) is 0 Å². The SMILES string of the molecule is CCc1ccc(C(C)(N)C2CCC(C)C(C)C2)cc1. The molecule has 0 amide bonds. The van der Waals surface area contributed by atoms with Gasteiger partial charge in [0.1, 0.15) is 0 Å². The van der Waals surface area contributed by atoms with Crippen LogP contribution in [0.15, 0.2) is 24.3 Å². The quantitative estimate of drug-likeness (QED) is 0.850. The highest BCUT2D eigenvalue weighted by Crippen LogP contribution is 2.41. The van der Waals surface area contributed by atoms with Crippen LogP contribution in [0, 0.1) is 17.8 Å². The first-order chi connectivity index (χ1) is 8.95. The molecule has 1 aliphatic carbocycles. The van der Waals surface area contributed by atoms with Crippen LogP contribution in [0.1, 0.15) is 58.1 Å². The van der Waals surface area contributed by atoms with E-state index in [1.165, 1.54) is 30.4 Å². The van der Waals surface area contributed by atoms with E-state index in [-0.39, 0.29) is 5.54 Å². The van der Waals surface area contributed by atoms with Crippen molar-refractivity contribution in [2.45, 2.75) is 58.9 Å². The third-order valence-electron chi connectivity index (χ3n) is 5.43. The molecule has 4 atom stereocenters. The topological polar surface area (TPSA) is 26.0 Å². The molecule has 1 heteroatoms. The molecule has 19 heavy (non-hydrogen) atoms. The van der Waals surface area contributed by atoms with Crippen molar-refractivity contribution >= 4 is 0 Å². The maximum atomic E-state index is 6.71. The number of aryl methyl sites for hydroxylation is 1. The monoisotopic (exact) mass is 259 g/mol. The molecule has 0 aromatic heterocycles.